The predicted octanol–water partition coefficient (Wildman–Crippen LogP) is 2.82. The zero-order chi connectivity index (χ0) is 17.0. The zero-order valence-electron chi connectivity index (χ0n) is 14.3. The maximum atomic E-state index is 12.1. The largest absolute Gasteiger partial charge is 0.444 e. The van der Waals surface area contributed by atoms with Crippen LogP contribution in [-0.4, -0.2) is 58.4 Å². The van der Waals surface area contributed by atoms with Gasteiger partial charge >= 0.3 is 6.09 Å². The lowest BCUT2D eigenvalue weighted by atomic mass is 10.1. The summed E-state index contributed by atoms with van der Waals surface area (Å²) < 4.78 is 5.42. The fourth-order valence-electron chi connectivity index (χ4n) is 2.68. The van der Waals surface area contributed by atoms with Crippen LogP contribution >= 0.6 is 11.6 Å². The van der Waals surface area contributed by atoms with Crippen molar-refractivity contribution in [3.63, 3.8) is 0 Å². The Bertz CT molecular complexity index is 530. The summed E-state index contributed by atoms with van der Waals surface area (Å²) in [6, 6.07) is 3.63. The van der Waals surface area contributed by atoms with Gasteiger partial charge in [0, 0.05) is 26.2 Å². The standard InChI is InChI=1S/C16H25ClN4O2/c1-16(2,3)23-15(22)21-8-7-12(10-21)9-20(4)11-13-5-6-14(17)19-18-13/h5-6,12H,7-11H2,1-4H3/t12-/m0/s1. The van der Waals surface area contributed by atoms with Crippen LogP contribution in [0.1, 0.15) is 32.9 Å². The van der Waals surface area contributed by atoms with Gasteiger partial charge in [0.2, 0.25) is 0 Å². The highest BCUT2D eigenvalue weighted by Gasteiger charge is 2.30. The Balaban J connectivity index is 1.78. The summed E-state index contributed by atoms with van der Waals surface area (Å²) in [6.45, 7) is 8.79. The van der Waals surface area contributed by atoms with Crippen molar-refractivity contribution < 1.29 is 9.53 Å². The normalized spacial score (nSPS) is 18.5. The van der Waals surface area contributed by atoms with Gasteiger partial charge in [-0.2, -0.15) is 5.10 Å². The Morgan fingerprint density at radius 1 is 1.43 bits per heavy atom. The molecule has 6 nitrogen and oxygen atoms in total. The van der Waals surface area contributed by atoms with Crippen LogP contribution in [0.5, 0.6) is 0 Å². The quantitative estimate of drug-likeness (QED) is 0.843. The molecule has 0 aliphatic carbocycles. The van der Waals surface area contributed by atoms with Crippen molar-refractivity contribution in [3.8, 4) is 0 Å². The smallest absolute Gasteiger partial charge is 0.410 e. The molecule has 0 N–H and O–H groups in total. The van der Waals surface area contributed by atoms with E-state index in [0.717, 1.165) is 31.7 Å². The number of hydrogen-bond donors (Lipinski definition) is 0. The molecule has 0 unspecified atom stereocenters. The molecule has 0 saturated carbocycles. The summed E-state index contributed by atoms with van der Waals surface area (Å²) in [5, 5.41) is 8.32. The average Bonchev–Trinajstić information content (AvgIpc) is 2.88. The molecule has 0 bridgehead atoms. The Labute approximate surface area is 142 Å². The lowest BCUT2D eigenvalue weighted by Crippen LogP contribution is -2.36. The van der Waals surface area contributed by atoms with E-state index in [1.807, 2.05) is 33.9 Å². The molecule has 1 fully saturated rings. The van der Waals surface area contributed by atoms with Crippen molar-refractivity contribution in [2.45, 2.75) is 39.3 Å². The molecule has 0 spiro atoms. The number of amides is 1. The molecule has 1 aliphatic heterocycles. The van der Waals surface area contributed by atoms with Crippen molar-refractivity contribution >= 4 is 17.7 Å². The van der Waals surface area contributed by atoms with E-state index in [1.54, 1.807) is 11.0 Å². The van der Waals surface area contributed by atoms with E-state index >= 15 is 0 Å². The van der Waals surface area contributed by atoms with Gasteiger partial charge in [0.15, 0.2) is 5.15 Å². The van der Waals surface area contributed by atoms with E-state index < -0.39 is 5.60 Å². The maximum Gasteiger partial charge on any atom is 0.410 e. The lowest BCUT2D eigenvalue weighted by Gasteiger charge is -2.25. The molecule has 23 heavy (non-hydrogen) atoms. The molecular formula is C16H25ClN4O2. The molecule has 1 saturated heterocycles. The van der Waals surface area contributed by atoms with Crippen LogP contribution in [-0.2, 0) is 11.3 Å². The first-order valence-corrected chi connectivity index (χ1v) is 8.25. The predicted molar refractivity (Wildman–Crippen MR) is 89.3 cm³/mol. The Morgan fingerprint density at radius 2 is 2.17 bits per heavy atom. The van der Waals surface area contributed by atoms with Crippen molar-refractivity contribution in [2.24, 2.45) is 5.92 Å². The molecular weight excluding hydrogens is 316 g/mol. The number of ether oxygens (including phenoxy) is 1. The summed E-state index contributed by atoms with van der Waals surface area (Å²) >= 11 is 5.74. The van der Waals surface area contributed by atoms with Crippen molar-refractivity contribution in [1.29, 1.82) is 0 Å². The number of rotatable bonds is 4. The summed E-state index contributed by atoms with van der Waals surface area (Å²) in [6.07, 6.45) is 0.779. The summed E-state index contributed by atoms with van der Waals surface area (Å²) in [5.74, 6) is 0.452. The molecule has 0 radical (unpaired) electrons. The van der Waals surface area contributed by atoms with Crippen molar-refractivity contribution in [2.75, 3.05) is 26.7 Å². The Hall–Kier alpha value is -1.40. The number of nitrogens with zero attached hydrogens (tertiary/aromatic N) is 4. The second-order valence-electron chi connectivity index (χ2n) is 7.13. The molecule has 1 aromatic rings. The van der Waals surface area contributed by atoms with Crippen LogP contribution in [0.15, 0.2) is 12.1 Å². The molecule has 2 heterocycles. The fraction of sp³-hybridized carbons (Fsp3) is 0.688. The highest BCUT2D eigenvalue weighted by atomic mass is 35.5. The van der Waals surface area contributed by atoms with Crippen molar-refractivity contribution in [1.82, 2.24) is 20.0 Å². The molecule has 1 atom stereocenters. The van der Waals surface area contributed by atoms with Gasteiger partial charge in [-0.25, -0.2) is 4.79 Å². The van der Waals surface area contributed by atoms with Gasteiger partial charge in [0.05, 0.1) is 5.69 Å². The molecule has 7 heteroatoms. The van der Waals surface area contributed by atoms with E-state index in [1.165, 1.54) is 0 Å². The van der Waals surface area contributed by atoms with E-state index in [2.05, 4.69) is 15.1 Å². The number of hydrogen-bond acceptors (Lipinski definition) is 5. The van der Waals surface area contributed by atoms with Gasteiger partial charge in [0.25, 0.3) is 0 Å². The van der Waals surface area contributed by atoms with Gasteiger partial charge in [-0.1, -0.05) is 11.6 Å². The van der Waals surface area contributed by atoms with Gasteiger partial charge in [-0.3, -0.25) is 0 Å². The number of halogens is 1. The first-order chi connectivity index (χ1) is 10.7. The van der Waals surface area contributed by atoms with E-state index in [-0.39, 0.29) is 6.09 Å². The minimum Gasteiger partial charge on any atom is -0.444 e. The average molecular weight is 341 g/mol. The molecule has 1 amide bonds. The van der Waals surface area contributed by atoms with Crippen LogP contribution in [0, 0.1) is 5.92 Å². The number of aromatic nitrogens is 2. The topological polar surface area (TPSA) is 58.6 Å². The van der Waals surface area contributed by atoms with Gasteiger partial charge in [0.1, 0.15) is 5.60 Å². The summed E-state index contributed by atoms with van der Waals surface area (Å²) in [7, 11) is 2.05. The van der Waals surface area contributed by atoms with Gasteiger partial charge in [-0.05, 0) is 52.3 Å². The number of carbonyl (C=O) groups excluding carboxylic acids is 1. The SMILES string of the molecule is CN(Cc1ccc(Cl)nn1)C[C@@H]1CCN(C(=O)OC(C)(C)C)C1. The first kappa shape index (κ1) is 17.9. The zero-order valence-corrected chi connectivity index (χ0v) is 15.0. The first-order valence-electron chi connectivity index (χ1n) is 7.87. The van der Waals surface area contributed by atoms with Crippen LogP contribution in [0.4, 0.5) is 4.79 Å². The molecule has 2 rings (SSSR count). The number of carbonyl (C=O) groups is 1. The van der Waals surface area contributed by atoms with E-state index in [0.29, 0.717) is 17.6 Å². The van der Waals surface area contributed by atoms with Gasteiger partial charge in [-0.15, -0.1) is 5.10 Å². The Kier molecular flexibility index (Phi) is 5.81. The minimum absolute atomic E-state index is 0.216. The summed E-state index contributed by atoms with van der Waals surface area (Å²) in [5.41, 5.74) is 0.443. The third-order valence-corrected chi connectivity index (χ3v) is 3.83. The lowest BCUT2D eigenvalue weighted by molar-refractivity contribution is 0.0285. The van der Waals surface area contributed by atoms with Crippen LogP contribution in [0.2, 0.25) is 5.15 Å². The molecule has 1 aliphatic rings. The molecule has 0 aromatic carbocycles. The second kappa shape index (κ2) is 7.45. The third-order valence-electron chi connectivity index (χ3n) is 3.63. The van der Waals surface area contributed by atoms with E-state index in [9.17, 15) is 4.79 Å². The van der Waals surface area contributed by atoms with E-state index in [4.69, 9.17) is 16.3 Å². The maximum absolute atomic E-state index is 12.1. The second-order valence-corrected chi connectivity index (χ2v) is 7.51. The Morgan fingerprint density at radius 3 is 2.78 bits per heavy atom. The molecule has 1 aromatic heterocycles. The highest BCUT2D eigenvalue weighted by Crippen LogP contribution is 2.20. The van der Waals surface area contributed by atoms with Crippen LogP contribution in [0.25, 0.3) is 0 Å². The fourth-order valence-corrected chi connectivity index (χ4v) is 2.78. The van der Waals surface area contributed by atoms with Crippen molar-refractivity contribution in [3.05, 3.63) is 23.0 Å². The highest BCUT2D eigenvalue weighted by molar-refractivity contribution is 6.29. The minimum atomic E-state index is -0.445. The summed E-state index contributed by atoms with van der Waals surface area (Å²) in [4.78, 5) is 16.1. The molecule has 128 valence electrons. The monoisotopic (exact) mass is 340 g/mol. The van der Waals surface area contributed by atoms with Crippen LogP contribution in [0.3, 0.4) is 0 Å². The van der Waals surface area contributed by atoms with Gasteiger partial charge < -0.3 is 14.5 Å². The third kappa shape index (κ3) is 5.95. The number of likely N-dealkylation sites (tertiary alicyclic amines) is 1. The van der Waals surface area contributed by atoms with Crippen LogP contribution < -0.4 is 0 Å².